The van der Waals surface area contributed by atoms with Crippen LogP contribution in [-0.2, 0) is 6.42 Å². The minimum Gasteiger partial charge on any atom is -0.370 e. The second kappa shape index (κ2) is 4.88. The fourth-order valence-corrected chi connectivity index (χ4v) is 2.67. The largest absolute Gasteiger partial charge is 0.370 e. The molecular formula is C14H22N2. The lowest BCUT2D eigenvalue weighted by atomic mass is 10.0. The molecule has 2 rings (SSSR count). The SMILES string of the molecule is CCc1cccc(C)c1N1CCCC(N)C1. The van der Waals surface area contributed by atoms with Crippen LogP contribution in [0.4, 0.5) is 5.69 Å². The summed E-state index contributed by atoms with van der Waals surface area (Å²) >= 11 is 0. The summed E-state index contributed by atoms with van der Waals surface area (Å²) in [4.78, 5) is 2.47. The number of piperidine rings is 1. The number of benzene rings is 1. The average molecular weight is 218 g/mol. The van der Waals surface area contributed by atoms with Crippen LogP contribution < -0.4 is 10.6 Å². The van der Waals surface area contributed by atoms with Crippen LogP contribution in [0.5, 0.6) is 0 Å². The van der Waals surface area contributed by atoms with Crippen LogP contribution in [0, 0.1) is 6.92 Å². The van der Waals surface area contributed by atoms with Crippen LogP contribution in [-0.4, -0.2) is 19.1 Å². The Balaban J connectivity index is 2.30. The Morgan fingerprint density at radius 3 is 2.94 bits per heavy atom. The van der Waals surface area contributed by atoms with Gasteiger partial charge in [-0.2, -0.15) is 0 Å². The first-order valence-corrected chi connectivity index (χ1v) is 6.31. The van der Waals surface area contributed by atoms with Gasteiger partial charge in [-0.1, -0.05) is 25.1 Å². The van der Waals surface area contributed by atoms with E-state index in [1.165, 1.54) is 29.7 Å². The average Bonchev–Trinajstić information content (AvgIpc) is 2.28. The van der Waals surface area contributed by atoms with Gasteiger partial charge in [0.25, 0.3) is 0 Å². The van der Waals surface area contributed by atoms with E-state index < -0.39 is 0 Å². The molecule has 16 heavy (non-hydrogen) atoms. The zero-order valence-corrected chi connectivity index (χ0v) is 10.4. The third kappa shape index (κ3) is 2.22. The van der Waals surface area contributed by atoms with Crippen molar-refractivity contribution in [3.8, 4) is 0 Å². The molecule has 1 unspecified atom stereocenters. The Labute approximate surface area is 98.4 Å². The summed E-state index contributed by atoms with van der Waals surface area (Å²) in [6, 6.07) is 6.94. The van der Waals surface area contributed by atoms with Gasteiger partial charge < -0.3 is 10.6 Å². The van der Waals surface area contributed by atoms with Gasteiger partial charge in [0.05, 0.1) is 0 Å². The van der Waals surface area contributed by atoms with Crippen molar-refractivity contribution in [2.45, 2.75) is 39.2 Å². The first kappa shape index (κ1) is 11.5. The van der Waals surface area contributed by atoms with E-state index in [9.17, 15) is 0 Å². The molecule has 0 amide bonds. The van der Waals surface area contributed by atoms with Crippen molar-refractivity contribution < 1.29 is 0 Å². The van der Waals surface area contributed by atoms with Crippen molar-refractivity contribution in [2.24, 2.45) is 5.73 Å². The summed E-state index contributed by atoms with van der Waals surface area (Å²) in [5.41, 5.74) is 10.3. The molecule has 0 aliphatic carbocycles. The molecule has 2 heteroatoms. The lowest BCUT2D eigenvalue weighted by Crippen LogP contribution is -2.43. The van der Waals surface area contributed by atoms with Crippen molar-refractivity contribution in [2.75, 3.05) is 18.0 Å². The normalized spacial score (nSPS) is 21.2. The zero-order chi connectivity index (χ0) is 11.5. The van der Waals surface area contributed by atoms with Gasteiger partial charge in [0.2, 0.25) is 0 Å². The number of rotatable bonds is 2. The quantitative estimate of drug-likeness (QED) is 0.826. The number of para-hydroxylation sites is 1. The molecule has 1 aliphatic rings. The third-order valence-corrected chi connectivity index (χ3v) is 3.48. The summed E-state index contributed by atoms with van der Waals surface area (Å²) in [6.07, 6.45) is 3.49. The molecule has 1 atom stereocenters. The van der Waals surface area contributed by atoms with E-state index in [2.05, 4.69) is 36.9 Å². The lowest BCUT2D eigenvalue weighted by molar-refractivity contribution is 0.505. The van der Waals surface area contributed by atoms with Crippen LogP contribution in [0.15, 0.2) is 18.2 Å². The standard InChI is InChI=1S/C14H22N2/c1-3-12-7-4-6-11(2)14(12)16-9-5-8-13(15)10-16/h4,6-7,13H,3,5,8-10,15H2,1-2H3. The van der Waals surface area contributed by atoms with E-state index in [-0.39, 0.29) is 0 Å². The zero-order valence-electron chi connectivity index (χ0n) is 10.4. The number of hydrogen-bond acceptors (Lipinski definition) is 2. The van der Waals surface area contributed by atoms with E-state index in [1.807, 2.05) is 0 Å². The van der Waals surface area contributed by atoms with Crippen LogP contribution in [0.25, 0.3) is 0 Å². The van der Waals surface area contributed by atoms with Crippen molar-refractivity contribution in [3.05, 3.63) is 29.3 Å². The predicted molar refractivity (Wildman–Crippen MR) is 70.0 cm³/mol. The second-order valence-electron chi connectivity index (χ2n) is 4.78. The molecule has 2 N–H and O–H groups in total. The molecule has 0 bridgehead atoms. The summed E-state index contributed by atoms with van der Waals surface area (Å²) in [6.45, 7) is 6.60. The van der Waals surface area contributed by atoms with Crippen molar-refractivity contribution in [1.29, 1.82) is 0 Å². The monoisotopic (exact) mass is 218 g/mol. The van der Waals surface area contributed by atoms with E-state index in [0.29, 0.717) is 6.04 Å². The number of hydrogen-bond donors (Lipinski definition) is 1. The van der Waals surface area contributed by atoms with E-state index in [0.717, 1.165) is 19.5 Å². The second-order valence-corrected chi connectivity index (χ2v) is 4.78. The van der Waals surface area contributed by atoms with Gasteiger partial charge in [-0.25, -0.2) is 0 Å². The molecule has 1 saturated heterocycles. The van der Waals surface area contributed by atoms with E-state index in [4.69, 9.17) is 5.73 Å². The molecule has 2 nitrogen and oxygen atoms in total. The van der Waals surface area contributed by atoms with Gasteiger partial charge in [-0.3, -0.25) is 0 Å². The van der Waals surface area contributed by atoms with Gasteiger partial charge in [0.1, 0.15) is 0 Å². The van der Waals surface area contributed by atoms with E-state index >= 15 is 0 Å². The van der Waals surface area contributed by atoms with Gasteiger partial charge in [-0.05, 0) is 37.3 Å². The number of nitrogens with two attached hydrogens (primary N) is 1. The molecule has 1 aromatic carbocycles. The maximum atomic E-state index is 6.06. The molecule has 1 aromatic rings. The van der Waals surface area contributed by atoms with Crippen LogP contribution >= 0.6 is 0 Å². The summed E-state index contributed by atoms with van der Waals surface area (Å²) in [5.74, 6) is 0. The number of nitrogens with zero attached hydrogens (tertiary/aromatic N) is 1. The maximum absolute atomic E-state index is 6.06. The molecule has 0 aromatic heterocycles. The minimum atomic E-state index is 0.345. The Kier molecular flexibility index (Phi) is 3.49. The summed E-state index contributed by atoms with van der Waals surface area (Å²) in [7, 11) is 0. The minimum absolute atomic E-state index is 0.345. The molecule has 0 saturated carbocycles. The van der Waals surface area contributed by atoms with Crippen LogP contribution in [0.2, 0.25) is 0 Å². The van der Waals surface area contributed by atoms with Gasteiger partial charge in [0.15, 0.2) is 0 Å². The first-order valence-electron chi connectivity index (χ1n) is 6.31. The van der Waals surface area contributed by atoms with Crippen molar-refractivity contribution in [3.63, 3.8) is 0 Å². The highest BCUT2D eigenvalue weighted by atomic mass is 15.2. The van der Waals surface area contributed by atoms with Crippen LogP contribution in [0.1, 0.15) is 30.9 Å². The first-order chi connectivity index (χ1) is 7.72. The van der Waals surface area contributed by atoms with Crippen LogP contribution in [0.3, 0.4) is 0 Å². The van der Waals surface area contributed by atoms with Gasteiger partial charge in [-0.15, -0.1) is 0 Å². The Morgan fingerprint density at radius 2 is 2.25 bits per heavy atom. The highest BCUT2D eigenvalue weighted by Gasteiger charge is 2.19. The topological polar surface area (TPSA) is 29.3 Å². The summed E-state index contributed by atoms with van der Waals surface area (Å²) < 4.78 is 0. The van der Waals surface area contributed by atoms with E-state index in [1.54, 1.807) is 0 Å². The highest BCUT2D eigenvalue weighted by Crippen LogP contribution is 2.28. The summed E-state index contributed by atoms with van der Waals surface area (Å²) in [5, 5.41) is 0. The lowest BCUT2D eigenvalue weighted by Gasteiger charge is -2.35. The highest BCUT2D eigenvalue weighted by molar-refractivity contribution is 5.59. The molecule has 1 aliphatic heterocycles. The van der Waals surface area contributed by atoms with Crippen molar-refractivity contribution in [1.82, 2.24) is 0 Å². The molecule has 88 valence electrons. The fourth-order valence-electron chi connectivity index (χ4n) is 2.67. The molecule has 1 heterocycles. The molecular weight excluding hydrogens is 196 g/mol. The smallest absolute Gasteiger partial charge is 0.0428 e. The molecule has 0 spiro atoms. The van der Waals surface area contributed by atoms with Gasteiger partial charge >= 0.3 is 0 Å². The number of aryl methyl sites for hydroxylation is 2. The predicted octanol–water partition coefficient (Wildman–Crippen LogP) is 2.48. The Bertz CT molecular complexity index is 360. The van der Waals surface area contributed by atoms with Gasteiger partial charge in [0, 0.05) is 24.8 Å². The number of anilines is 1. The molecule has 1 fully saturated rings. The maximum Gasteiger partial charge on any atom is 0.0428 e. The fraction of sp³-hybridized carbons (Fsp3) is 0.571. The Morgan fingerprint density at radius 1 is 1.44 bits per heavy atom. The van der Waals surface area contributed by atoms with Crippen molar-refractivity contribution >= 4 is 5.69 Å². The Hall–Kier alpha value is -1.02. The molecule has 0 radical (unpaired) electrons. The third-order valence-electron chi connectivity index (χ3n) is 3.48.